The van der Waals surface area contributed by atoms with Gasteiger partial charge in [0.1, 0.15) is 23.6 Å². The molecule has 0 unspecified atom stereocenters. The van der Waals surface area contributed by atoms with Crippen LogP contribution in [0, 0.1) is 18.7 Å². The second-order valence-corrected chi connectivity index (χ2v) is 10.2. The number of fused-ring (bicyclic) bond motifs is 2. The minimum Gasteiger partial charge on any atom is -0.353 e. The largest absolute Gasteiger partial charge is 0.353 e. The quantitative estimate of drug-likeness (QED) is 0.330. The highest BCUT2D eigenvalue weighted by Crippen LogP contribution is 2.34. The maximum Gasteiger partial charge on any atom is 0.224 e. The van der Waals surface area contributed by atoms with Crippen LogP contribution in [0.3, 0.4) is 0 Å². The van der Waals surface area contributed by atoms with E-state index >= 15 is 4.39 Å². The van der Waals surface area contributed by atoms with E-state index in [0.29, 0.717) is 52.6 Å². The number of hydrogen-bond donors (Lipinski definition) is 2. The van der Waals surface area contributed by atoms with E-state index in [9.17, 15) is 4.79 Å². The van der Waals surface area contributed by atoms with Crippen LogP contribution in [-0.2, 0) is 4.79 Å². The SMILES string of the molecule is Cc1cn(-c2cncc3[nH]c(C4=NCN(C)c5cnc(-c6cncc(NC(=O)CC(C)C)c6)c(F)c54)nc23)cn1. The number of H-pyrrole nitrogens is 1. The summed E-state index contributed by atoms with van der Waals surface area (Å²) in [5.74, 6) is -0.0631. The van der Waals surface area contributed by atoms with Crippen LogP contribution in [0.4, 0.5) is 15.8 Å². The smallest absolute Gasteiger partial charge is 0.224 e. The highest BCUT2D eigenvalue weighted by molar-refractivity contribution is 6.16. The Hall–Kier alpha value is -5.00. The van der Waals surface area contributed by atoms with E-state index in [1.54, 1.807) is 31.0 Å². The lowest BCUT2D eigenvalue weighted by Gasteiger charge is -2.26. The van der Waals surface area contributed by atoms with Crippen molar-refractivity contribution in [3.8, 4) is 16.9 Å². The Morgan fingerprint density at radius 3 is 2.73 bits per heavy atom. The molecule has 0 saturated carbocycles. The van der Waals surface area contributed by atoms with E-state index in [0.717, 1.165) is 11.4 Å². The average Bonchev–Trinajstić information content (AvgIpc) is 3.55. The Morgan fingerprint density at radius 1 is 1.12 bits per heavy atom. The molecule has 6 heterocycles. The van der Waals surface area contributed by atoms with Gasteiger partial charge in [-0.25, -0.2) is 14.4 Å². The van der Waals surface area contributed by atoms with Crippen molar-refractivity contribution in [3.63, 3.8) is 0 Å². The Bertz CT molecular complexity index is 1790. The van der Waals surface area contributed by atoms with Gasteiger partial charge >= 0.3 is 0 Å². The van der Waals surface area contributed by atoms with Crippen LogP contribution < -0.4 is 10.2 Å². The zero-order valence-electron chi connectivity index (χ0n) is 22.5. The van der Waals surface area contributed by atoms with Gasteiger partial charge in [-0.2, -0.15) is 0 Å². The summed E-state index contributed by atoms with van der Waals surface area (Å²) in [7, 11) is 1.83. The maximum absolute atomic E-state index is 16.4. The molecule has 5 aromatic rings. The summed E-state index contributed by atoms with van der Waals surface area (Å²) < 4.78 is 18.2. The monoisotopic (exact) mass is 538 g/mol. The minimum absolute atomic E-state index is 0.0987. The number of halogens is 1. The fourth-order valence-corrected chi connectivity index (χ4v) is 4.71. The van der Waals surface area contributed by atoms with Gasteiger partial charge < -0.3 is 19.8 Å². The predicted molar refractivity (Wildman–Crippen MR) is 150 cm³/mol. The number of pyridine rings is 3. The second kappa shape index (κ2) is 9.95. The average molecular weight is 539 g/mol. The first-order chi connectivity index (χ1) is 19.3. The first-order valence-electron chi connectivity index (χ1n) is 12.8. The molecule has 2 N–H and O–H groups in total. The summed E-state index contributed by atoms with van der Waals surface area (Å²) in [6.45, 7) is 6.15. The van der Waals surface area contributed by atoms with Gasteiger partial charge in [0.05, 0.1) is 65.0 Å². The van der Waals surface area contributed by atoms with Crippen molar-refractivity contribution in [2.45, 2.75) is 27.2 Å². The van der Waals surface area contributed by atoms with Crippen LogP contribution in [-0.4, -0.2) is 59.8 Å². The van der Waals surface area contributed by atoms with Crippen LogP contribution in [0.25, 0.3) is 28.0 Å². The summed E-state index contributed by atoms with van der Waals surface area (Å²) in [5, 5.41) is 2.83. The molecule has 0 radical (unpaired) electrons. The van der Waals surface area contributed by atoms with Crippen molar-refractivity contribution in [3.05, 3.63) is 72.5 Å². The van der Waals surface area contributed by atoms with E-state index in [4.69, 9.17) is 4.98 Å². The molecule has 5 aromatic heterocycles. The number of aromatic nitrogens is 7. The van der Waals surface area contributed by atoms with Gasteiger partial charge in [-0.3, -0.25) is 24.7 Å². The molecule has 1 aliphatic rings. The van der Waals surface area contributed by atoms with Crippen molar-refractivity contribution in [2.75, 3.05) is 23.9 Å². The molecule has 6 rings (SSSR count). The summed E-state index contributed by atoms with van der Waals surface area (Å²) in [4.78, 5) is 44.2. The fraction of sp³-hybridized carbons (Fsp3) is 0.250. The van der Waals surface area contributed by atoms with Gasteiger partial charge in [-0.1, -0.05) is 13.8 Å². The molecule has 0 saturated heterocycles. The highest BCUT2D eigenvalue weighted by Gasteiger charge is 2.29. The number of anilines is 2. The molecule has 0 atom stereocenters. The maximum atomic E-state index is 16.4. The number of imidazole rings is 2. The molecular weight excluding hydrogens is 511 g/mol. The van der Waals surface area contributed by atoms with Gasteiger partial charge in [0.2, 0.25) is 5.91 Å². The van der Waals surface area contributed by atoms with E-state index in [2.05, 4.69) is 35.2 Å². The second-order valence-electron chi connectivity index (χ2n) is 10.2. The number of amides is 1. The Labute approximate surface area is 229 Å². The summed E-state index contributed by atoms with van der Waals surface area (Å²) in [5.41, 5.74) is 5.20. The fourth-order valence-electron chi connectivity index (χ4n) is 4.71. The van der Waals surface area contributed by atoms with E-state index in [1.807, 2.05) is 43.5 Å². The van der Waals surface area contributed by atoms with E-state index < -0.39 is 5.82 Å². The Kier molecular flexibility index (Phi) is 6.29. The van der Waals surface area contributed by atoms with Crippen molar-refractivity contribution in [1.29, 1.82) is 0 Å². The first kappa shape index (κ1) is 25.3. The van der Waals surface area contributed by atoms with Gasteiger partial charge in [0.15, 0.2) is 11.6 Å². The minimum atomic E-state index is -0.556. The molecule has 40 heavy (non-hydrogen) atoms. The Morgan fingerprint density at radius 2 is 1.95 bits per heavy atom. The molecule has 0 spiro atoms. The van der Waals surface area contributed by atoms with Crippen molar-refractivity contribution in [2.24, 2.45) is 10.9 Å². The number of aromatic amines is 1. The van der Waals surface area contributed by atoms with Gasteiger partial charge in [0.25, 0.3) is 0 Å². The molecule has 1 aliphatic heterocycles. The number of carbonyl (C=O) groups is 1. The van der Waals surface area contributed by atoms with Crippen LogP contribution >= 0.6 is 0 Å². The topological polar surface area (TPSA) is 130 Å². The van der Waals surface area contributed by atoms with Crippen LogP contribution in [0.5, 0.6) is 0 Å². The molecule has 202 valence electrons. The van der Waals surface area contributed by atoms with Gasteiger partial charge in [-0.05, 0) is 18.9 Å². The summed E-state index contributed by atoms with van der Waals surface area (Å²) in [6, 6.07) is 1.67. The predicted octanol–water partition coefficient (Wildman–Crippen LogP) is 4.28. The molecule has 0 bridgehead atoms. The molecule has 12 heteroatoms. The van der Waals surface area contributed by atoms with Gasteiger partial charge in [-0.15, -0.1) is 0 Å². The van der Waals surface area contributed by atoms with Crippen molar-refractivity contribution >= 4 is 34.0 Å². The summed E-state index contributed by atoms with van der Waals surface area (Å²) in [6.07, 6.45) is 12.0. The first-order valence-corrected chi connectivity index (χ1v) is 12.8. The molecule has 11 nitrogen and oxygen atoms in total. The molecule has 0 aromatic carbocycles. The van der Waals surface area contributed by atoms with Gasteiger partial charge in [0, 0.05) is 31.4 Å². The van der Waals surface area contributed by atoms with Crippen LogP contribution in [0.1, 0.15) is 37.4 Å². The number of aryl methyl sites for hydroxylation is 1. The molecule has 0 aliphatic carbocycles. The number of hydrogen-bond acceptors (Lipinski definition) is 8. The Balaban J connectivity index is 1.42. The standard InChI is InChI=1S/C28H27FN10O/c1-15(2)5-22(40)35-18-6-17(7-30-8-18)25-24(29)23-20(11-32-25)38(4)13-34-27(23)28-36-19-9-31-10-21(26(19)37-28)39-12-16(3)33-14-39/h6-12,14-15H,5,13H2,1-4H3,(H,35,40)(H,36,37). The zero-order valence-corrected chi connectivity index (χ0v) is 22.5. The lowest BCUT2D eigenvalue weighted by molar-refractivity contribution is -0.116. The van der Waals surface area contributed by atoms with Crippen LogP contribution in [0.15, 0.2) is 54.6 Å². The lowest BCUT2D eigenvalue weighted by Crippen LogP contribution is -2.28. The number of carbonyl (C=O) groups excluding carboxylic acids is 1. The van der Waals surface area contributed by atoms with Crippen molar-refractivity contribution < 1.29 is 9.18 Å². The third-order valence-electron chi connectivity index (χ3n) is 6.57. The zero-order chi connectivity index (χ0) is 28.0. The third-order valence-corrected chi connectivity index (χ3v) is 6.57. The van der Waals surface area contributed by atoms with Crippen molar-refractivity contribution in [1.82, 2.24) is 34.5 Å². The number of aliphatic imine (C=N–C) groups is 1. The van der Waals surface area contributed by atoms with E-state index in [1.165, 1.54) is 12.4 Å². The molecule has 1 amide bonds. The highest BCUT2D eigenvalue weighted by atomic mass is 19.1. The number of nitrogens with one attached hydrogen (secondary N) is 2. The third kappa shape index (κ3) is 4.57. The van der Waals surface area contributed by atoms with E-state index in [-0.39, 0.29) is 23.1 Å². The molecule has 0 fully saturated rings. The number of nitrogens with zero attached hydrogens (tertiary/aromatic N) is 8. The van der Waals surface area contributed by atoms with Crippen LogP contribution in [0.2, 0.25) is 0 Å². The summed E-state index contributed by atoms with van der Waals surface area (Å²) >= 11 is 0. The number of rotatable bonds is 6. The lowest BCUT2D eigenvalue weighted by atomic mass is 10.0. The normalized spacial score (nSPS) is 13.1. The molecular formula is C28H27FN10O.